The third kappa shape index (κ3) is 8.85. The van der Waals surface area contributed by atoms with Gasteiger partial charge in [0.1, 0.15) is 0 Å². The van der Waals surface area contributed by atoms with Gasteiger partial charge in [0.15, 0.2) is 5.96 Å². The smallest absolute Gasteiger partial charge is 0.191 e. The summed E-state index contributed by atoms with van der Waals surface area (Å²) in [6.07, 6.45) is 6.14. The molecule has 0 spiro atoms. The van der Waals surface area contributed by atoms with Crippen molar-refractivity contribution in [3.05, 3.63) is 0 Å². The highest BCUT2D eigenvalue weighted by molar-refractivity contribution is 5.79. The number of guanidine groups is 1. The maximum absolute atomic E-state index is 5.46. The van der Waals surface area contributed by atoms with Crippen LogP contribution in [0.3, 0.4) is 0 Å². The van der Waals surface area contributed by atoms with E-state index in [4.69, 9.17) is 9.47 Å². The second kappa shape index (κ2) is 12.5. The van der Waals surface area contributed by atoms with Crippen LogP contribution in [0.4, 0.5) is 0 Å². The van der Waals surface area contributed by atoms with Crippen molar-refractivity contribution in [3.63, 3.8) is 0 Å². The van der Waals surface area contributed by atoms with Crippen LogP contribution in [-0.2, 0) is 9.47 Å². The number of likely N-dealkylation sites (tertiary alicyclic amines) is 1. The van der Waals surface area contributed by atoms with Crippen molar-refractivity contribution in [1.82, 2.24) is 15.5 Å². The van der Waals surface area contributed by atoms with Crippen molar-refractivity contribution >= 4 is 5.96 Å². The number of unbranched alkanes of at least 4 members (excludes halogenated alkanes) is 1. The maximum atomic E-state index is 5.46. The highest BCUT2D eigenvalue weighted by Gasteiger charge is 2.27. The van der Waals surface area contributed by atoms with Crippen LogP contribution >= 0.6 is 0 Å². The van der Waals surface area contributed by atoms with E-state index in [0.717, 1.165) is 38.5 Å². The Bertz CT molecular complexity index is 342. The molecule has 1 heterocycles. The summed E-state index contributed by atoms with van der Waals surface area (Å²) in [5.74, 6) is 0.889. The molecule has 0 bridgehead atoms. The van der Waals surface area contributed by atoms with Gasteiger partial charge in [0.25, 0.3) is 0 Å². The van der Waals surface area contributed by atoms with Crippen molar-refractivity contribution in [2.45, 2.75) is 51.5 Å². The fraction of sp³-hybridized carbons (Fsp3) is 0.944. The van der Waals surface area contributed by atoms with Gasteiger partial charge >= 0.3 is 0 Å². The molecule has 0 aliphatic carbocycles. The molecule has 0 amide bonds. The number of ether oxygens (including phenoxy) is 2. The molecule has 0 aromatic carbocycles. The molecule has 6 heteroatoms. The van der Waals surface area contributed by atoms with Gasteiger partial charge in [-0.05, 0) is 52.6 Å². The van der Waals surface area contributed by atoms with Gasteiger partial charge in [-0.15, -0.1) is 0 Å². The largest absolute Gasteiger partial charge is 0.382 e. The molecule has 142 valence electrons. The highest BCUT2D eigenvalue weighted by Crippen LogP contribution is 2.19. The second-order valence-corrected chi connectivity index (χ2v) is 7.02. The second-order valence-electron chi connectivity index (χ2n) is 7.02. The van der Waals surface area contributed by atoms with E-state index in [9.17, 15) is 0 Å². The van der Waals surface area contributed by atoms with Gasteiger partial charge in [0, 0.05) is 39.4 Å². The fourth-order valence-electron chi connectivity index (χ4n) is 2.91. The summed E-state index contributed by atoms with van der Waals surface area (Å²) in [4.78, 5) is 6.91. The molecular formula is C18H38N4O2. The van der Waals surface area contributed by atoms with E-state index in [1.54, 1.807) is 7.11 Å². The van der Waals surface area contributed by atoms with Gasteiger partial charge in [-0.3, -0.25) is 9.89 Å². The number of nitrogens with one attached hydrogen (secondary N) is 2. The van der Waals surface area contributed by atoms with Crippen LogP contribution in [0.15, 0.2) is 4.99 Å². The lowest BCUT2D eigenvalue weighted by Crippen LogP contribution is -2.54. The van der Waals surface area contributed by atoms with Gasteiger partial charge in [0.2, 0.25) is 0 Å². The molecule has 0 radical (unpaired) electrons. The predicted octanol–water partition coefficient (Wildman–Crippen LogP) is 1.86. The molecule has 1 aliphatic heterocycles. The van der Waals surface area contributed by atoms with Crippen molar-refractivity contribution < 1.29 is 9.47 Å². The normalized spacial score (nSPS) is 17.1. The summed E-state index contributed by atoms with van der Waals surface area (Å²) >= 11 is 0. The minimum Gasteiger partial charge on any atom is -0.382 e. The Labute approximate surface area is 148 Å². The Balaban J connectivity index is 2.13. The summed E-state index contributed by atoms with van der Waals surface area (Å²) in [5.41, 5.74) is 0.160. The van der Waals surface area contributed by atoms with Crippen LogP contribution in [0, 0.1) is 0 Å². The first-order valence-corrected chi connectivity index (χ1v) is 9.36. The molecule has 0 saturated carbocycles. The Morgan fingerprint density at radius 2 is 1.79 bits per heavy atom. The molecule has 1 rings (SSSR count). The monoisotopic (exact) mass is 342 g/mol. The van der Waals surface area contributed by atoms with E-state index in [2.05, 4.69) is 34.4 Å². The Kier molecular flexibility index (Phi) is 11.0. The molecule has 0 aromatic rings. The SMILES string of the molecule is CN=C(NCCCCOCCOC)NCC(C)(C)N1CCCCC1. The minimum absolute atomic E-state index is 0.160. The predicted molar refractivity (Wildman–Crippen MR) is 101 cm³/mol. The number of piperidine rings is 1. The summed E-state index contributed by atoms with van der Waals surface area (Å²) in [6, 6.07) is 0. The third-order valence-electron chi connectivity index (χ3n) is 4.56. The van der Waals surface area contributed by atoms with Gasteiger partial charge < -0.3 is 20.1 Å². The molecule has 2 N–H and O–H groups in total. The lowest BCUT2D eigenvalue weighted by atomic mass is 9.98. The maximum Gasteiger partial charge on any atom is 0.191 e. The molecular weight excluding hydrogens is 304 g/mol. The van der Waals surface area contributed by atoms with E-state index in [1.165, 1.54) is 32.4 Å². The Morgan fingerprint density at radius 1 is 1.04 bits per heavy atom. The van der Waals surface area contributed by atoms with Gasteiger partial charge in [-0.1, -0.05) is 6.42 Å². The number of aliphatic imine (C=N–C) groups is 1. The zero-order valence-electron chi connectivity index (χ0n) is 16.2. The lowest BCUT2D eigenvalue weighted by Gasteiger charge is -2.41. The van der Waals surface area contributed by atoms with Crippen LogP contribution in [-0.4, -0.2) is 76.6 Å². The minimum atomic E-state index is 0.160. The number of rotatable bonds is 11. The topological polar surface area (TPSA) is 58.1 Å². The molecule has 0 aromatic heterocycles. The van der Waals surface area contributed by atoms with E-state index >= 15 is 0 Å². The summed E-state index contributed by atoms with van der Waals surface area (Å²) < 4.78 is 10.4. The standard InChI is InChI=1S/C18H38N4O2/c1-18(2,22-11-7-5-8-12-22)16-21-17(19-3)20-10-6-9-13-24-15-14-23-4/h5-16H2,1-4H3,(H2,19,20,21). The van der Waals surface area contributed by atoms with Gasteiger partial charge in [0.05, 0.1) is 13.2 Å². The number of hydrogen-bond acceptors (Lipinski definition) is 4. The summed E-state index contributed by atoms with van der Waals surface area (Å²) in [6.45, 7) is 11.0. The summed E-state index contributed by atoms with van der Waals surface area (Å²) in [5, 5.41) is 6.86. The fourth-order valence-corrected chi connectivity index (χ4v) is 2.91. The highest BCUT2D eigenvalue weighted by atomic mass is 16.5. The van der Waals surface area contributed by atoms with E-state index < -0.39 is 0 Å². The van der Waals surface area contributed by atoms with Crippen molar-refractivity contribution in [2.24, 2.45) is 4.99 Å². The Hall–Kier alpha value is -0.850. The Morgan fingerprint density at radius 3 is 2.46 bits per heavy atom. The van der Waals surface area contributed by atoms with Gasteiger partial charge in [-0.25, -0.2) is 0 Å². The number of methoxy groups -OCH3 is 1. The van der Waals surface area contributed by atoms with Crippen LogP contribution in [0.1, 0.15) is 46.0 Å². The quantitative estimate of drug-likeness (QED) is 0.341. The average molecular weight is 343 g/mol. The molecule has 6 nitrogen and oxygen atoms in total. The first kappa shape index (κ1) is 21.2. The van der Waals surface area contributed by atoms with E-state index in [0.29, 0.717) is 13.2 Å². The van der Waals surface area contributed by atoms with E-state index in [-0.39, 0.29) is 5.54 Å². The first-order valence-electron chi connectivity index (χ1n) is 9.36. The summed E-state index contributed by atoms with van der Waals surface area (Å²) in [7, 11) is 3.52. The number of hydrogen-bond donors (Lipinski definition) is 2. The van der Waals surface area contributed by atoms with Crippen molar-refractivity contribution in [1.29, 1.82) is 0 Å². The third-order valence-corrected chi connectivity index (χ3v) is 4.56. The van der Waals surface area contributed by atoms with Crippen LogP contribution < -0.4 is 10.6 Å². The lowest BCUT2D eigenvalue weighted by molar-refractivity contribution is 0.0689. The zero-order valence-corrected chi connectivity index (χ0v) is 16.2. The van der Waals surface area contributed by atoms with Crippen molar-refractivity contribution in [2.75, 3.05) is 60.2 Å². The van der Waals surface area contributed by atoms with Gasteiger partial charge in [-0.2, -0.15) is 0 Å². The first-order chi connectivity index (χ1) is 11.6. The van der Waals surface area contributed by atoms with Crippen LogP contribution in [0.25, 0.3) is 0 Å². The molecule has 0 unspecified atom stereocenters. The molecule has 0 atom stereocenters. The van der Waals surface area contributed by atoms with Crippen LogP contribution in [0.5, 0.6) is 0 Å². The molecule has 24 heavy (non-hydrogen) atoms. The zero-order chi connectivity index (χ0) is 17.7. The molecule has 1 fully saturated rings. The molecule has 1 saturated heterocycles. The van der Waals surface area contributed by atoms with E-state index in [1.807, 2.05) is 7.05 Å². The van der Waals surface area contributed by atoms with Crippen LogP contribution in [0.2, 0.25) is 0 Å². The van der Waals surface area contributed by atoms with Crippen molar-refractivity contribution in [3.8, 4) is 0 Å². The molecule has 1 aliphatic rings. The average Bonchev–Trinajstić information content (AvgIpc) is 2.60. The number of nitrogens with zero attached hydrogens (tertiary/aromatic N) is 2.